The molecule has 0 unspecified atom stereocenters. The third-order valence-corrected chi connectivity index (χ3v) is 2.46. The molecule has 9 heteroatoms. The van der Waals surface area contributed by atoms with Gasteiger partial charge in [0.05, 0.1) is 12.9 Å². The van der Waals surface area contributed by atoms with Crippen LogP contribution >= 0.6 is 0 Å². The summed E-state index contributed by atoms with van der Waals surface area (Å²) >= 11 is 0. The minimum absolute atomic E-state index is 0.0278. The highest BCUT2D eigenvalue weighted by molar-refractivity contribution is 5.73. The van der Waals surface area contributed by atoms with E-state index in [1.165, 1.54) is 6.33 Å². The first kappa shape index (κ1) is 19.0. The summed E-state index contributed by atoms with van der Waals surface area (Å²) in [4.78, 5) is 27.1. The average Bonchev–Trinajstić information content (AvgIpc) is 2.94. The molecule has 0 aliphatic rings. The van der Waals surface area contributed by atoms with Gasteiger partial charge in [-0.15, -0.1) is 0 Å². The number of H-pyrrole nitrogens is 1. The monoisotopic (exact) mass is 301 g/mol. The topological polar surface area (TPSA) is 153 Å². The summed E-state index contributed by atoms with van der Waals surface area (Å²) < 4.78 is 0. The molecule has 21 heavy (non-hydrogen) atoms. The highest BCUT2D eigenvalue weighted by Crippen LogP contribution is 1.97. The van der Waals surface area contributed by atoms with E-state index in [1.807, 2.05) is 0 Å². The van der Waals surface area contributed by atoms with Crippen LogP contribution in [0.2, 0.25) is 0 Å². The van der Waals surface area contributed by atoms with Crippen LogP contribution in [0, 0.1) is 0 Å². The van der Waals surface area contributed by atoms with E-state index >= 15 is 0 Å². The van der Waals surface area contributed by atoms with Crippen molar-refractivity contribution in [3.63, 3.8) is 0 Å². The van der Waals surface area contributed by atoms with Gasteiger partial charge in [-0.1, -0.05) is 0 Å². The molecular weight excluding hydrogens is 278 g/mol. The summed E-state index contributed by atoms with van der Waals surface area (Å²) in [6, 6.07) is -0.551. The van der Waals surface area contributed by atoms with Crippen LogP contribution in [-0.4, -0.2) is 64.8 Å². The van der Waals surface area contributed by atoms with Gasteiger partial charge in [-0.2, -0.15) is 0 Å². The number of aromatic nitrogens is 2. The minimum Gasteiger partial charge on any atom is -0.480 e. The minimum atomic E-state index is -0.855. The zero-order valence-electron chi connectivity index (χ0n) is 12.0. The molecule has 0 saturated heterocycles. The van der Waals surface area contributed by atoms with Crippen molar-refractivity contribution in [1.29, 1.82) is 0 Å². The van der Waals surface area contributed by atoms with E-state index in [-0.39, 0.29) is 6.54 Å². The van der Waals surface area contributed by atoms with Gasteiger partial charge in [0.15, 0.2) is 0 Å². The van der Waals surface area contributed by atoms with Gasteiger partial charge in [0, 0.05) is 18.3 Å². The van der Waals surface area contributed by atoms with E-state index in [9.17, 15) is 9.59 Å². The third-order valence-electron chi connectivity index (χ3n) is 2.46. The van der Waals surface area contributed by atoms with Crippen LogP contribution in [0.5, 0.6) is 0 Å². The second-order valence-corrected chi connectivity index (χ2v) is 4.17. The molecule has 0 aliphatic heterocycles. The molecule has 9 nitrogen and oxygen atoms in total. The molecule has 1 aromatic heterocycles. The molecule has 0 saturated carbocycles. The fraction of sp³-hybridized carbons (Fsp3) is 0.583. The van der Waals surface area contributed by atoms with E-state index in [0.717, 1.165) is 12.1 Å². The molecule has 0 radical (unpaired) electrons. The van der Waals surface area contributed by atoms with Crippen LogP contribution in [0.4, 0.5) is 0 Å². The van der Waals surface area contributed by atoms with Crippen LogP contribution < -0.4 is 16.4 Å². The van der Waals surface area contributed by atoms with Gasteiger partial charge in [0.2, 0.25) is 0 Å². The van der Waals surface area contributed by atoms with Crippen molar-refractivity contribution < 1.29 is 19.8 Å². The number of carboxylic acid groups (broad SMARTS) is 2. The number of imidazole rings is 1. The van der Waals surface area contributed by atoms with Crippen molar-refractivity contribution in [1.82, 2.24) is 20.6 Å². The first-order valence-electron chi connectivity index (χ1n) is 6.51. The maximum absolute atomic E-state index is 10.6. The first-order valence-corrected chi connectivity index (χ1v) is 6.51. The van der Waals surface area contributed by atoms with Crippen LogP contribution in [0.25, 0.3) is 0 Å². The number of hydrogen-bond donors (Lipinski definition) is 6. The van der Waals surface area contributed by atoms with Crippen molar-refractivity contribution >= 4 is 11.9 Å². The van der Waals surface area contributed by atoms with Gasteiger partial charge in [-0.05, 0) is 26.6 Å². The van der Waals surface area contributed by atoms with Gasteiger partial charge in [0.1, 0.15) is 6.04 Å². The normalized spacial score (nSPS) is 11.3. The molecule has 120 valence electrons. The molecule has 0 aromatic carbocycles. The molecule has 1 atom stereocenters. The summed E-state index contributed by atoms with van der Waals surface area (Å²) in [5, 5.41) is 22.2. The number of aromatic amines is 1. The van der Waals surface area contributed by atoms with E-state index in [0.29, 0.717) is 19.5 Å². The Morgan fingerprint density at radius 2 is 2.19 bits per heavy atom. The van der Waals surface area contributed by atoms with Crippen molar-refractivity contribution in [2.75, 3.05) is 26.7 Å². The SMILES string of the molecule is CN[C@@H](Cc1cnc[nH]1)C(=O)O.NCCCNCC(=O)O. The zero-order valence-corrected chi connectivity index (χ0v) is 12.0. The maximum atomic E-state index is 10.6. The van der Waals surface area contributed by atoms with E-state index in [2.05, 4.69) is 20.6 Å². The Balaban J connectivity index is 0.000000400. The molecule has 0 fully saturated rings. The lowest BCUT2D eigenvalue weighted by Gasteiger charge is -2.08. The first-order chi connectivity index (χ1) is 10.0. The van der Waals surface area contributed by atoms with Crippen LogP contribution in [-0.2, 0) is 16.0 Å². The standard InChI is InChI=1S/C7H11N3O2.C5H12N2O2/c1-8-6(7(11)12)2-5-3-9-4-10-5;6-2-1-3-7-4-5(8)9/h3-4,6,8H,2H2,1H3,(H,9,10)(H,11,12);7H,1-4,6H2,(H,8,9)/t6-;/m0./s1. The predicted molar refractivity (Wildman–Crippen MR) is 77.0 cm³/mol. The number of aliphatic carboxylic acids is 2. The number of likely N-dealkylation sites (N-methyl/N-ethyl adjacent to an activating group) is 1. The van der Waals surface area contributed by atoms with E-state index < -0.39 is 18.0 Å². The number of nitrogens with zero attached hydrogens (tertiary/aromatic N) is 1. The lowest BCUT2D eigenvalue weighted by molar-refractivity contribution is -0.139. The number of nitrogens with two attached hydrogens (primary N) is 1. The molecule has 0 amide bonds. The summed E-state index contributed by atoms with van der Waals surface area (Å²) in [7, 11) is 1.62. The van der Waals surface area contributed by atoms with Crippen molar-refractivity contribution in [2.24, 2.45) is 5.73 Å². The molecular formula is C12H23N5O4. The zero-order chi connectivity index (χ0) is 16.1. The molecule has 1 aromatic rings. The Morgan fingerprint density at radius 3 is 2.62 bits per heavy atom. The molecule has 7 N–H and O–H groups in total. The van der Waals surface area contributed by atoms with E-state index in [1.54, 1.807) is 13.2 Å². The number of carbonyl (C=O) groups is 2. The molecule has 1 heterocycles. The van der Waals surface area contributed by atoms with Crippen LogP contribution in [0.1, 0.15) is 12.1 Å². The molecule has 0 spiro atoms. The van der Waals surface area contributed by atoms with Crippen molar-refractivity contribution in [3.05, 3.63) is 18.2 Å². The Labute approximate surface area is 123 Å². The molecule has 1 rings (SSSR count). The molecule has 0 bridgehead atoms. The number of nitrogens with one attached hydrogen (secondary N) is 3. The lowest BCUT2D eigenvalue weighted by atomic mass is 10.2. The Hall–Kier alpha value is -1.97. The second kappa shape index (κ2) is 11.8. The largest absolute Gasteiger partial charge is 0.480 e. The number of carboxylic acids is 2. The fourth-order valence-electron chi connectivity index (χ4n) is 1.35. The summed E-state index contributed by atoms with van der Waals surface area (Å²) in [5.41, 5.74) is 5.97. The van der Waals surface area contributed by atoms with E-state index in [4.69, 9.17) is 15.9 Å². The number of hydrogen-bond acceptors (Lipinski definition) is 6. The summed E-state index contributed by atoms with van der Waals surface area (Å²) in [5.74, 6) is -1.68. The summed E-state index contributed by atoms with van der Waals surface area (Å²) in [6.07, 6.45) is 4.40. The van der Waals surface area contributed by atoms with Crippen LogP contribution in [0.15, 0.2) is 12.5 Å². The van der Waals surface area contributed by atoms with Gasteiger partial charge < -0.3 is 31.6 Å². The highest BCUT2D eigenvalue weighted by atomic mass is 16.4. The summed E-state index contributed by atoms with van der Waals surface area (Å²) in [6.45, 7) is 1.31. The second-order valence-electron chi connectivity index (χ2n) is 4.17. The maximum Gasteiger partial charge on any atom is 0.321 e. The Bertz CT molecular complexity index is 396. The van der Waals surface area contributed by atoms with Crippen LogP contribution in [0.3, 0.4) is 0 Å². The quantitative estimate of drug-likeness (QED) is 0.305. The van der Waals surface area contributed by atoms with Gasteiger partial charge >= 0.3 is 11.9 Å². The third kappa shape index (κ3) is 10.5. The smallest absolute Gasteiger partial charge is 0.321 e. The van der Waals surface area contributed by atoms with Gasteiger partial charge in [-0.25, -0.2) is 4.98 Å². The lowest BCUT2D eigenvalue weighted by Crippen LogP contribution is -2.35. The highest BCUT2D eigenvalue weighted by Gasteiger charge is 2.15. The van der Waals surface area contributed by atoms with Crippen molar-refractivity contribution in [2.45, 2.75) is 18.9 Å². The van der Waals surface area contributed by atoms with Gasteiger partial charge in [0.25, 0.3) is 0 Å². The average molecular weight is 301 g/mol. The van der Waals surface area contributed by atoms with Crippen molar-refractivity contribution in [3.8, 4) is 0 Å². The molecule has 0 aliphatic carbocycles. The Morgan fingerprint density at radius 1 is 1.48 bits per heavy atom. The fourth-order valence-corrected chi connectivity index (χ4v) is 1.35. The Kier molecular flexibility index (Phi) is 10.7. The number of rotatable bonds is 9. The predicted octanol–water partition coefficient (Wildman–Crippen LogP) is -1.37. The van der Waals surface area contributed by atoms with Gasteiger partial charge in [-0.3, -0.25) is 9.59 Å².